The lowest BCUT2D eigenvalue weighted by molar-refractivity contribution is -0.152. The number of hydrogen-bond acceptors (Lipinski definition) is 4. The highest BCUT2D eigenvalue weighted by atomic mass is 16.5. The van der Waals surface area contributed by atoms with Crippen LogP contribution >= 0.6 is 0 Å². The molecule has 2 saturated carbocycles. The number of carboxylic acids is 1. The molecule has 0 amide bonds. The van der Waals surface area contributed by atoms with E-state index in [2.05, 4.69) is 40.7 Å². The van der Waals surface area contributed by atoms with Crippen LogP contribution in [0.25, 0.3) is 0 Å². The van der Waals surface area contributed by atoms with Gasteiger partial charge < -0.3 is 9.84 Å². The molecule has 0 aromatic heterocycles. The largest absolute Gasteiger partial charge is 0.478 e. The third-order valence-electron chi connectivity index (χ3n) is 11.1. The molecule has 5 heteroatoms. The van der Waals surface area contributed by atoms with E-state index in [0.29, 0.717) is 24.2 Å². The van der Waals surface area contributed by atoms with Crippen LogP contribution in [0.1, 0.15) is 92.9 Å². The van der Waals surface area contributed by atoms with E-state index in [1.807, 2.05) is 7.11 Å². The zero-order valence-electron chi connectivity index (χ0n) is 23.2. The smallest absolute Gasteiger partial charge is 0.330 e. The molecule has 0 unspecified atom stereocenters. The Morgan fingerprint density at radius 3 is 2.50 bits per heavy atom. The number of ether oxygens (including phenoxy) is 1. The average molecular weight is 497 g/mol. The van der Waals surface area contributed by atoms with Crippen LogP contribution in [0.5, 0.6) is 0 Å². The Hall–Kier alpha value is -2.01. The van der Waals surface area contributed by atoms with Crippen molar-refractivity contribution in [2.75, 3.05) is 7.11 Å². The van der Waals surface area contributed by atoms with E-state index < -0.39 is 11.6 Å². The quantitative estimate of drug-likeness (QED) is 0.322. The maximum Gasteiger partial charge on any atom is 0.330 e. The van der Waals surface area contributed by atoms with Gasteiger partial charge in [0.05, 0.1) is 5.60 Å². The van der Waals surface area contributed by atoms with Gasteiger partial charge in [-0.1, -0.05) is 46.8 Å². The minimum absolute atomic E-state index is 0.132. The normalized spacial score (nSPS) is 38.6. The molecule has 5 nitrogen and oxygen atoms in total. The van der Waals surface area contributed by atoms with Crippen LogP contribution in [0.3, 0.4) is 0 Å². The molecule has 4 rings (SSSR count). The molecule has 0 saturated heterocycles. The first-order chi connectivity index (χ1) is 16.8. The molecule has 2 fully saturated rings. The fourth-order valence-electron chi connectivity index (χ4n) is 8.75. The summed E-state index contributed by atoms with van der Waals surface area (Å²) in [6.45, 7) is 12.7. The SMILES string of the molecule is CO[C@@]12CC[C@H]3C(C)(C)C(=O)CC[C@]3(C)C1=CC1=C(C=O)[C@@H]([C@H](C)CC/C=C(/C)C(=O)O)CC[C@]12C. The van der Waals surface area contributed by atoms with Crippen molar-refractivity contribution in [3.63, 3.8) is 0 Å². The second-order valence-electron chi connectivity index (χ2n) is 13.0. The van der Waals surface area contributed by atoms with Crippen LogP contribution in [0, 0.1) is 34.0 Å². The van der Waals surface area contributed by atoms with Crippen LogP contribution in [0.4, 0.5) is 0 Å². The molecule has 0 radical (unpaired) electrons. The molecule has 0 spiro atoms. The molecule has 0 aromatic rings. The van der Waals surface area contributed by atoms with Gasteiger partial charge in [0.25, 0.3) is 0 Å². The highest BCUT2D eigenvalue weighted by molar-refractivity contribution is 5.86. The summed E-state index contributed by atoms with van der Waals surface area (Å²) in [6.07, 6.45) is 11.9. The number of carbonyl (C=O) groups excluding carboxylic acids is 2. The van der Waals surface area contributed by atoms with Crippen LogP contribution in [0.2, 0.25) is 0 Å². The number of Topliss-reactive ketones (excluding diaryl/α,β-unsaturated/α-hetero) is 1. The van der Waals surface area contributed by atoms with Gasteiger partial charge in [-0.2, -0.15) is 0 Å². The van der Waals surface area contributed by atoms with Gasteiger partial charge in [-0.25, -0.2) is 4.79 Å². The Balaban J connectivity index is 1.75. The van der Waals surface area contributed by atoms with Crippen LogP contribution in [0.15, 0.2) is 34.4 Å². The van der Waals surface area contributed by atoms with E-state index in [9.17, 15) is 14.4 Å². The van der Waals surface area contributed by atoms with Crippen molar-refractivity contribution in [3.05, 3.63) is 34.4 Å². The first kappa shape index (κ1) is 27.0. The predicted octanol–water partition coefficient (Wildman–Crippen LogP) is 6.48. The summed E-state index contributed by atoms with van der Waals surface area (Å²) in [5.74, 6) is 0.184. The monoisotopic (exact) mass is 496 g/mol. The summed E-state index contributed by atoms with van der Waals surface area (Å²) in [5.41, 5.74) is 2.54. The maximum atomic E-state index is 12.9. The summed E-state index contributed by atoms with van der Waals surface area (Å²) in [7, 11) is 1.83. The molecule has 0 aromatic carbocycles. The zero-order chi connectivity index (χ0) is 26.7. The van der Waals surface area contributed by atoms with Crippen LogP contribution in [-0.4, -0.2) is 35.9 Å². The topological polar surface area (TPSA) is 80.7 Å². The van der Waals surface area contributed by atoms with E-state index in [4.69, 9.17) is 9.84 Å². The molecule has 36 heavy (non-hydrogen) atoms. The van der Waals surface area contributed by atoms with Crippen molar-refractivity contribution in [2.45, 2.75) is 98.5 Å². The Morgan fingerprint density at radius 2 is 1.89 bits per heavy atom. The fraction of sp³-hybridized carbons (Fsp3) is 0.710. The summed E-state index contributed by atoms with van der Waals surface area (Å²) in [5, 5.41) is 9.15. The Kier molecular flexibility index (Phi) is 6.82. The number of fused-ring (bicyclic) bond motifs is 5. The molecule has 0 aliphatic heterocycles. The number of carbonyl (C=O) groups is 3. The number of aliphatic carboxylic acids is 1. The highest BCUT2D eigenvalue weighted by Gasteiger charge is 2.68. The standard InChI is InChI=1S/C31H44O5/c1-19(9-8-10-20(2)27(34)35)21-11-15-30(6)23(22(21)18-32)17-25-29(5)14-13-26(33)28(3,4)24(29)12-16-31(25,30)36-7/h10,17-19,21,24H,8-9,11-16H2,1-7H3,(H,34,35)/b20-10-/t19-,21-,24+,29+,30-,31+/m1/s1. The third kappa shape index (κ3) is 3.63. The molecular weight excluding hydrogens is 452 g/mol. The van der Waals surface area contributed by atoms with Gasteiger partial charge in [-0.3, -0.25) is 9.59 Å². The first-order valence-electron chi connectivity index (χ1n) is 13.7. The number of aldehydes is 1. The molecule has 0 heterocycles. The molecule has 0 bridgehead atoms. The molecule has 4 aliphatic rings. The third-order valence-corrected chi connectivity index (χ3v) is 11.1. The van der Waals surface area contributed by atoms with Gasteiger partial charge in [0.2, 0.25) is 0 Å². The van der Waals surface area contributed by atoms with Gasteiger partial charge in [0.1, 0.15) is 12.1 Å². The van der Waals surface area contributed by atoms with Crippen LogP contribution in [-0.2, 0) is 19.1 Å². The van der Waals surface area contributed by atoms with Crippen molar-refractivity contribution in [3.8, 4) is 0 Å². The lowest BCUT2D eigenvalue weighted by Gasteiger charge is -2.61. The van der Waals surface area contributed by atoms with Crippen molar-refractivity contribution >= 4 is 18.0 Å². The van der Waals surface area contributed by atoms with Gasteiger partial charge in [-0.05, 0) is 91.8 Å². The Morgan fingerprint density at radius 1 is 1.19 bits per heavy atom. The van der Waals surface area contributed by atoms with Crippen molar-refractivity contribution in [1.29, 1.82) is 0 Å². The highest BCUT2D eigenvalue weighted by Crippen LogP contribution is 2.71. The van der Waals surface area contributed by atoms with Crippen molar-refractivity contribution in [1.82, 2.24) is 0 Å². The van der Waals surface area contributed by atoms with Crippen molar-refractivity contribution < 1.29 is 24.2 Å². The molecule has 198 valence electrons. The minimum atomic E-state index is -0.878. The first-order valence-corrected chi connectivity index (χ1v) is 13.7. The van der Waals surface area contributed by atoms with E-state index >= 15 is 0 Å². The van der Waals surface area contributed by atoms with Gasteiger partial charge in [0.15, 0.2) is 0 Å². The summed E-state index contributed by atoms with van der Waals surface area (Å²) in [4.78, 5) is 36.7. The minimum Gasteiger partial charge on any atom is -0.478 e. The lowest BCUT2D eigenvalue weighted by Crippen LogP contribution is -2.60. The molecule has 4 aliphatic carbocycles. The number of hydrogen-bond donors (Lipinski definition) is 1. The predicted molar refractivity (Wildman–Crippen MR) is 140 cm³/mol. The number of methoxy groups -OCH3 is 1. The van der Waals surface area contributed by atoms with Gasteiger partial charge in [0, 0.05) is 29.9 Å². The number of allylic oxidation sites excluding steroid dienone is 3. The molecular formula is C31H44O5. The fourth-order valence-corrected chi connectivity index (χ4v) is 8.75. The zero-order valence-corrected chi connectivity index (χ0v) is 23.2. The number of carboxylic acid groups (broad SMARTS) is 1. The van der Waals surface area contributed by atoms with Crippen LogP contribution < -0.4 is 0 Å². The second-order valence-corrected chi connectivity index (χ2v) is 13.0. The molecule has 6 atom stereocenters. The van der Waals surface area contributed by atoms with E-state index in [1.165, 1.54) is 5.57 Å². The van der Waals surface area contributed by atoms with Gasteiger partial charge in [-0.15, -0.1) is 0 Å². The summed E-state index contributed by atoms with van der Waals surface area (Å²) >= 11 is 0. The molecule has 1 N–H and O–H groups in total. The average Bonchev–Trinajstić information content (AvgIpc) is 3.11. The number of rotatable bonds is 7. The maximum absolute atomic E-state index is 12.9. The van der Waals surface area contributed by atoms with E-state index in [1.54, 1.807) is 13.0 Å². The van der Waals surface area contributed by atoms with E-state index in [0.717, 1.165) is 56.0 Å². The van der Waals surface area contributed by atoms with E-state index in [-0.39, 0.29) is 34.0 Å². The van der Waals surface area contributed by atoms with Crippen molar-refractivity contribution in [2.24, 2.45) is 34.0 Å². The Bertz CT molecular complexity index is 1060. The Labute approximate surface area is 216 Å². The summed E-state index contributed by atoms with van der Waals surface area (Å²) < 4.78 is 6.52. The second kappa shape index (κ2) is 9.08. The number of ketones is 1. The summed E-state index contributed by atoms with van der Waals surface area (Å²) in [6, 6.07) is 0. The van der Waals surface area contributed by atoms with Gasteiger partial charge >= 0.3 is 5.97 Å². The lowest BCUT2D eigenvalue weighted by atomic mass is 9.45.